The van der Waals surface area contributed by atoms with Crippen LogP contribution < -0.4 is 5.32 Å². The van der Waals surface area contributed by atoms with E-state index in [0.717, 1.165) is 29.3 Å². The molecule has 2 aromatic rings. The first-order valence-electron chi connectivity index (χ1n) is 6.20. The Hall–Kier alpha value is -2.76. The Kier molecular flexibility index (Phi) is 3.98. The van der Waals surface area contributed by atoms with Gasteiger partial charge in [-0.2, -0.15) is 0 Å². The van der Waals surface area contributed by atoms with Crippen LogP contribution in [-0.2, 0) is 0 Å². The number of carbonyl (C=O) groups is 1. The van der Waals surface area contributed by atoms with E-state index in [-0.39, 0.29) is 5.56 Å². The molecule has 5 nitrogen and oxygen atoms in total. The molecule has 1 amide bonds. The van der Waals surface area contributed by atoms with E-state index < -0.39 is 22.3 Å². The molecule has 0 saturated heterocycles. The third-order valence-corrected chi connectivity index (χ3v) is 2.88. The highest BCUT2D eigenvalue weighted by Crippen LogP contribution is 2.22. The number of hydrogen-bond donors (Lipinski definition) is 1. The normalized spacial score (nSPS) is 10.2. The Labute approximate surface area is 120 Å². The van der Waals surface area contributed by atoms with E-state index >= 15 is 0 Å². The van der Waals surface area contributed by atoms with Crippen molar-refractivity contribution in [1.82, 2.24) is 0 Å². The Balaban J connectivity index is 2.36. The molecule has 0 fully saturated rings. The van der Waals surface area contributed by atoms with Gasteiger partial charge in [0.1, 0.15) is 11.4 Å². The van der Waals surface area contributed by atoms with Gasteiger partial charge < -0.3 is 5.32 Å². The second-order valence-corrected chi connectivity index (χ2v) is 4.75. The van der Waals surface area contributed by atoms with Crippen LogP contribution in [0.4, 0.5) is 15.8 Å². The number of halogens is 1. The van der Waals surface area contributed by atoms with Gasteiger partial charge in [-0.3, -0.25) is 14.9 Å². The van der Waals surface area contributed by atoms with Crippen LogP contribution in [0.2, 0.25) is 0 Å². The molecular formula is C15H13FN2O3. The summed E-state index contributed by atoms with van der Waals surface area (Å²) in [7, 11) is 0. The van der Waals surface area contributed by atoms with Crippen LogP contribution in [0, 0.1) is 29.8 Å². The number of amides is 1. The summed E-state index contributed by atoms with van der Waals surface area (Å²) in [6.45, 7) is 3.74. The van der Waals surface area contributed by atoms with E-state index in [1.54, 1.807) is 12.1 Å². The topological polar surface area (TPSA) is 72.2 Å². The molecule has 0 bridgehead atoms. The van der Waals surface area contributed by atoms with Gasteiger partial charge in [-0.25, -0.2) is 4.39 Å². The minimum absolute atomic E-state index is 0.306. The number of nitrogens with zero attached hydrogens (tertiary/aromatic N) is 1. The first-order valence-corrected chi connectivity index (χ1v) is 6.20. The van der Waals surface area contributed by atoms with Crippen molar-refractivity contribution < 1.29 is 14.1 Å². The average Bonchev–Trinajstić information content (AvgIpc) is 2.36. The third kappa shape index (κ3) is 3.42. The molecule has 21 heavy (non-hydrogen) atoms. The molecule has 0 aliphatic carbocycles. The van der Waals surface area contributed by atoms with Gasteiger partial charge in [-0.1, -0.05) is 6.07 Å². The predicted molar refractivity (Wildman–Crippen MR) is 76.9 cm³/mol. The number of nitrogens with one attached hydrogen (secondary N) is 1. The molecule has 0 atom stereocenters. The Morgan fingerprint density at radius 3 is 2.33 bits per heavy atom. The maximum absolute atomic E-state index is 13.2. The number of benzene rings is 2. The van der Waals surface area contributed by atoms with Gasteiger partial charge in [0, 0.05) is 11.8 Å². The van der Waals surface area contributed by atoms with Gasteiger partial charge in [0.15, 0.2) is 0 Å². The lowest BCUT2D eigenvalue weighted by Crippen LogP contribution is -2.14. The number of carbonyl (C=O) groups excluding carboxylic acids is 1. The highest BCUT2D eigenvalue weighted by Gasteiger charge is 2.21. The first-order chi connectivity index (χ1) is 9.86. The maximum Gasteiger partial charge on any atom is 0.282 e. The number of nitro groups is 1. The lowest BCUT2D eigenvalue weighted by atomic mass is 10.1. The Morgan fingerprint density at radius 1 is 1.14 bits per heavy atom. The maximum atomic E-state index is 13.2. The van der Waals surface area contributed by atoms with E-state index in [2.05, 4.69) is 5.32 Å². The fraction of sp³-hybridized carbons (Fsp3) is 0.133. The molecular weight excluding hydrogens is 275 g/mol. The summed E-state index contributed by atoms with van der Waals surface area (Å²) in [6.07, 6.45) is 0. The molecule has 2 rings (SSSR count). The standard InChI is InChI=1S/C15H13FN2O3/c1-9-5-10(2)7-12(6-9)17-15(19)13-8-11(16)3-4-14(13)18(20)21/h3-8H,1-2H3,(H,17,19). The van der Waals surface area contributed by atoms with Crippen molar-refractivity contribution in [3.05, 3.63) is 69.0 Å². The highest BCUT2D eigenvalue weighted by molar-refractivity contribution is 6.07. The monoisotopic (exact) mass is 288 g/mol. The second kappa shape index (κ2) is 5.70. The quantitative estimate of drug-likeness (QED) is 0.692. The number of rotatable bonds is 3. The Bertz CT molecular complexity index is 709. The van der Waals surface area contributed by atoms with E-state index in [1.807, 2.05) is 19.9 Å². The number of aryl methyl sites for hydroxylation is 2. The molecule has 0 heterocycles. The zero-order valence-electron chi connectivity index (χ0n) is 11.5. The molecule has 108 valence electrons. The van der Waals surface area contributed by atoms with Crippen molar-refractivity contribution in [2.75, 3.05) is 5.32 Å². The second-order valence-electron chi connectivity index (χ2n) is 4.75. The summed E-state index contributed by atoms with van der Waals surface area (Å²) in [5.41, 5.74) is 1.66. The summed E-state index contributed by atoms with van der Waals surface area (Å²) < 4.78 is 13.2. The molecule has 0 spiro atoms. The van der Waals surface area contributed by atoms with E-state index in [1.165, 1.54) is 0 Å². The molecule has 0 aliphatic rings. The van der Waals surface area contributed by atoms with Crippen LogP contribution in [0.3, 0.4) is 0 Å². The Morgan fingerprint density at radius 2 is 1.76 bits per heavy atom. The summed E-state index contributed by atoms with van der Waals surface area (Å²) in [5, 5.41) is 13.5. The van der Waals surface area contributed by atoms with Crippen LogP contribution in [-0.4, -0.2) is 10.8 Å². The first kappa shape index (κ1) is 14.6. The van der Waals surface area contributed by atoms with E-state index in [4.69, 9.17) is 0 Å². The zero-order chi connectivity index (χ0) is 15.6. The van der Waals surface area contributed by atoms with Crippen molar-refractivity contribution in [2.45, 2.75) is 13.8 Å². The van der Waals surface area contributed by atoms with Crippen molar-refractivity contribution in [1.29, 1.82) is 0 Å². The number of hydrogen-bond acceptors (Lipinski definition) is 3. The van der Waals surface area contributed by atoms with E-state index in [9.17, 15) is 19.3 Å². The molecule has 0 saturated carbocycles. The van der Waals surface area contributed by atoms with Gasteiger partial charge in [-0.05, 0) is 49.2 Å². The van der Waals surface area contributed by atoms with Crippen LogP contribution in [0.5, 0.6) is 0 Å². The SMILES string of the molecule is Cc1cc(C)cc(NC(=O)c2cc(F)ccc2[N+](=O)[O-])c1. The molecule has 0 radical (unpaired) electrons. The van der Waals surface area contributed by atoms with Crippen molar-refractivity contribution >= 4 is 17.3 Å². The molecule has 0 aromatic heterocycles. The van der Waals surface area contributed by atoms with Crippen molar-refractivity contribution in [2.24, 2.45) is 0 Å². The number of anilines is 1. The summed E-state index contributed by atoms with van der Waals surface area (Å²) in [5.74, 6) is -1.42. The largest absolute Gasteiger partial charge is 0.322 e. The molecule has 2 aromatic carbocycles. The predicted octanol–water partition coefficient (Wildman–Crippen LogP) is 3.60. The minimum atomic E-state index is -0.716. The molecule has 0 aliphatic heterocycles. The van der Waals surface area contributed by atoms with Gasteiger partial charge in [0.25, 0.3) is 11.6 Å². The van der Waals surface area contributed by atoms with Gasteiger partial charge >= 0.3 is 0 Å². The summed E-state index contributed by atoms with van der Waals surface area (Å²) in [6, 6.07) is 8.18. The molecule has 6 heteroatoms. The van der Waals surface area contributed by atoms with E-state index in [0.29, 0.717) is 5.69 Å². The summed E-state index contributed by atoms with van der Waals surface area (Å²) in [4.78, 5) is 22.3. The van der Waals surface area contributed by atoms with Crippen LogP contribution in [0.25, 0.3) is 0 Å². The highest BCUT2D eigenvalue weighted by atomic mass is 19.1. The lowest BCUT2D eigenvalue weighted by molar-refractivity contribution is -0.385. The smallest absolute Gasteiger partial charge is 0.282 e. The van der Waals surface area contributed by atoms with Crippen LogP contribution in [0.15, 0.2) is 36.4 Å². The van der Waals surface area contributed by atoms with Gasteiger partial charge in [0.2, 0.25) is 0 Å². The lowest BCUT2D eigenvalue weighted by Gasteiger charge is -2.08. The summed E-state index contributed by atoms with van der Waals surface area (Å²) >= 11 is 0. The molecule has 0 unspecified atom stereocenters. The van der Waals surface area contributed by atoms with Gasteiger partial charge in [-0.15, -0.1) is 0 Å². The zero-order valence-corrected chi connectivity index (χ0v) is 11.5. The fourth-order valence-electron chi connectivity index (χ4n) is 2.09. The van der Waals surface area contributed by atoms with Crippen LogP contribution in [0.1, 0.15) is 21.5 Å². The molecule has 1 N–H and O–H groups in total. The minimum Gasteiger partial charge on any atom is -0.322 e. The fourth-order valence-corrected chi connectivity index (χ4v) is 2.09. The average molecular weight is 288 g/mol. The van der Waals surface area contributed by atoms with Gasteiger partial charge in [0.05, 0.1) is 4.92 Å². The number of nitro benzene ring substituents is 1. The van der Waals surface area contributed by atoms with Crippen LogP contribution >= 0.6 is 0 Å². The van der Waals surface area contributed by atoms with Crippen molar-refractivity contribution in [3.63, 3.8) is 0 Å². The third-order valence-electron chi connectivity index (χ3n) is 2.88. The van der Waals surface area contributed by atoms with Crippen molar-refractivity contribution in [3.8, 4) is 0 Å².